The normalized spacial score (nSPS) is 14.7. The van der Waals surface area contributed by atoms with Crippen molar-refractivity contribution < 1.29 is 4.74 Å². The van der Waals surface area contributed by atoms with Gasteiger partial charge in [0.15, 0.2) is 17.0 Å². The highest BCUT2D eigenvalue weighted by Crippen LogP contribution is 2.26. The van der Waals surface area contributed by atoms with Gasteiger partial charge in [-0.3, -0.25) is 0 Å². The molecule has 30 heavy (non-hydrogen) atoms. The summed E-state index contributed by atoms with van der Waals surface area (Å²) in [7, 11) is 1.64. The van der Waals surface area contributed by atoms with Crippen molar-refractivity contribution in [2.24, 2.45) is 5.92 Å². The number of methoxy groups -OCH3 is 1. The number of fused-ring (bicyclic) bond motifs is 1. The largest absolute Gasteiger partial charge is 0.497 e. The van der Waals surface area contributed by atoms with Gasteiger partial charge >= 0.3 is 0 Å². The molecule has 0 bridgehead atoms. The number of aryl methyl sites for hydroxylation is 1. The number of terminal acetylenes is 1. The number of nitrogens with zero attached hydrogens (tertiary/aromatic N) is 4. The monoisotopic (exact) mass is 424 g/mol. The van der Waals surface area contributed by atoms with Gasteiger partial charge in [0.05, 0.1) is 7.11 Å². The Bertz CT molecular complexity index is 1100. The number of nitrogen functional groups attached to an aromatic ring is 1. The van der Waals surface area contributed by atoms with E-state index < -0.39 is 0 Å². The maximum absolute atomic E-state index is 6.11. The molecule has 7 nitrogen and oxygen atoms in total. The summed E-state index contributed by atoms with van der Waals surface area (Å²) in [6.07, 6.45) is 9.66. The smallest absolute Gasteiger partial charge is 0.226 e. The standard InChI is InChI=1S/C22H25ClN6O/c1-3-15-4-5-17(30-2)12-16(15)13-18-26-19-20(24)27-22(23)28-21(19)29(18)11-8-14-6-9-25-10-7-14/h1,4-5,12,14,25H,6-11,13H2,2H3,(H2,24,27,28). The van der Waals surface area contributed by atoms with E-state index in [-0.39, 0.29) is 11.1 Å². The number of hydrogen-bond acceptors (Lipinski definition) is 6. The van der Waals surface area contributed by atoms with Crippen LogP contribution in [0, 0.1) is 18.3 Å². The van der Waals surface area contributed by atoms with Gasteiger partial charge in [0.2, 0.25) is 5.28 Å². The van der Waals surface area contributed by atoms with Crippen molar-refractivity contribution >= 4 is 28.6 Å². The molecule has 4 rings (SSSR count). The molecule has 156 valence electrons. The zero-order valence-electron chi connectivity index (χ0n) is 17.0. The van der Waals surface area contributed by atoms with Crippen LogP contribution < -0.4 is 15.8 Å². The van der Waals surface area contributed by atoms with Gasteiger partial charge in [-0.15, -0.1) is 6.42 Å². The molecule has 0 saturated carbocycles. The third-order valence-corrected chi connectivity index (χ3v) is 5.88. The van der Waals surface area contributed by atoms with E-state index in [1.807, 2.05) is 18.2 Å². The molecule has 0 radical (unpaired) electrons. The molecular formula is C22H25ClN6O. The molecule has 0 atom stereocenters. The summed E-state index contributed by atoms with van der Waals surface area (Å²) in [6.45, 7) is 2.93. The van der Waals surface area contributed by atoms with Crippen molar-refractivity contribution in [3.8, 4) is 18.1 Å². The minimum Gasteiger partial charge on any atom is -0.497 e. The molecule has 0 unspecified atom stereocenters. The molecule has 1 aliphatic heterocycles. The second-order valence-electron chi connectivity index (χ2n) is 7.56. The van der Waals surface area contributed by atoms with Crippen molar-refractivity contribution in [1.82, 2.24) is 24.8 Å². The Morgan fingerprint density at radius 3 is 2.83 bits per heavy atom. The second kappa shape index (κ2) is 8.90. The van der Waals surface area contributed by atoms with Crippen LogP contribution in [0.2, 0.25) is 5.28 Å². The topological polar surface area (TPSA) is 90.9 Å². The van der Waals surface area contributed by atoms with Gasteiger partial charge in [0.1, 0.15) is 11.6 Å². The lowest BCUT2D eigenvalue weighted by Crippen LogP contribution is -2.28. The predicted octanol–water partition coefficient (Wildman–Crippen LogP) is 3.03. The summed E-state index contributed by atoms with van der Waals surface area (Å²) < 4.78 is 7.49. The van der Waals surface area contributed by atoms with Crippen LogP contribution in [0.25, 0.3) is 11.2 Å². The van der Waals surface area contributed by atoms with Gasteiger partial charge in [-0.05, 0) is 73.6 Å². The van der Waals surface area contributed by atoms with Crippen LogP contribution in [0.4, 0.5) is 5.82 Å². The summed E-state index contributed by atoms with van der Waals surface area (Å²) in [4.78, 5) is 13.3. The number of hydrogen-bond donors (Lipinski definition) is 2. The van der Waals surface area contributed by atoms with Crippen LogP contribution in [0.15, 0.2) is 18.2 Å². The van der Waals surface area contributed by atoms with Crippen molar-refractivity contribution in [1.29, 1.82) is 0 Å². The summed E-state index contributed by atoms with van der Waals surface area (Å²) in [6, 6.07) is 5.71. The third kappa shape index (κ3) is 4.20. The molecule has 3 heterocycles. The Kier molecular flexibility index (Phi) is 6.07. The molecule has 0 aliphatic carbocycles. The van der Waals surface area contributed by atoms with E-state index in [9.17, 15) is 0 Å². The molecule has 0 spiro atoms. The number of halogens is 1. The number of ether oxygens (including phenoxy) is 1. The molecule has 1 fully saturated rings. The minimum atomic E-state index is 0.125. The SMILES string of the molecule is C#Cc1ccc(OC)cc1Cc1nc2c(N)nc(Cl)nc2n1CCC1CCNCC1. The highest BCUT2D eigenvalue weighted by molar-refractivity contribution is 6.28. The minimum absolute atomic E-state index is 0.125. The fraction of sp³-hybridized carbons (Fsp3) is 0.409. The summed E-state index contributed by atoms with van der Waals surface area (Å²) >= 11 is 6.11. The van der Waals surface area contributed by atoms with Crippen LogP contribution in [0.3, 0.4) is 0 Å². The lowest BCUT2D eigenvalue weighted by Gasteiger charge is -2.23. The number of benzene rings is 1. The van der Waals surface area contributed by atoms with Gasteiger partial charge in [-0.25, -0.2) is 4.98 Å². The van der Waals surface area contributed by atoms with E-state index in [0.717, 1.165) is 48.8 Å². The highest BCUT2D eigenvalue weighted by atomic mass is 35.5. The quantitative estimate of drug-likeness (QED) is 0.467. The average Bonchev–Trinajstić information content (AvgIpc) is 3.10. The first-order valence-electron chi connectivity index (χ1n) is 10.1. The first-order valence-corrected chi connectivity index (χ1v) is 10.5. The van der Waals surface area contributed by atoms with Gasteiger partial charge in [-0.1, -0.05) is 5.92 Å². The lowest BCUT2D eigenvalue weighted by atomic mass is 9.94. The van der Waals surface area contributed by atoms with Crippen molar-refractivity contribution in [3.05, 3.63) is 40.4 Å². The Morgan fingerprint density at radius 2 is 2.10 bits per heavy atom. The Morgan fingerprint density at radius 1 is 1.30 bits per heavy atom. The Hall–Kier alpha value is -2.82. The number of nitrogens with one attached hydrogen (secondary N) is 1. The van der Waals surface area contributed by atoms with E-state index in [1.54, 1.807) is 7.11 Å². The average molecular weight is 425 g/mol. The van der Waals surface area contributed by atoms with Crippen molar-refractivity contribution in [2.75, 3.05) is 25.9 Å². The third-order valence-electron chi connectivity index (χ3n) is 5.71. The van der Waals surface area contributed by atoms with E-state index in [1.165, 1.54) is 12.8 Å². The lowest BCUT2D eigenvalue weighted by molar-refractivity contribution is 0.338. The Balaban J connectivity index is 1.73. The molecule has 1 aromatic carbocycles. The molecule has 3 N–H and O–H groups in total. The predicted molar refractivity (Wildman–Crippen MR) is 119 cm³/mol. The van der Waals surface area contributed by atoms with Crippen LogP contribution in [0.1, 0.15) is 36.2 Å². The van der Waals surface area contributed by atoms with Crippen LogP contribution in [-0.4, -0.2) is 39.7 Å². The fourth-order valence-electron chi connectivity index (χ4n) is 4.05. The van der Waals surface area contributed by atoms with Crippen LogP contribution in [-0.2, 0) is 13.0 Å². The summed E-state index contributed by atoms with van der Waals surface area (Å²) in [5, 5.41) is 3.54. The van der Waals surface area contributed by atoms with E-state index in [4.69, 9.17) is 33.5 Å². The maximum atomic E-state index is 6.11. The van der Waals surface area contributed by atoms with Gasteiger partial charge in [-0.2, -0.15) is 9.97 Å². The maximum Gasteiger partial charge on any atom is 0.226 e. The summed E-state index contributed by atoms with van der Waals surface area (Å²) in [5.41, 5.74) is 9.12. The fourth-order valence-corrected chi connectivity index (χ4v) is 4.22. The number of rotatable bonds is 6. The van der Waals surface area contributed by atoms with Crippen LogP contribution >= 0.6 is 11.6 Å². The molecule has 1 aliphatic rings. The first-order chi connectivity index (χ1) is 14.6. The van der Waals surface area contributed by atoms with E-state index in [0.29, 0.717) is 23.5 Å². The molecule has 0 amide bonds. The Labute approximate surface area is 181 Å². The zero-order chi connectivity index (χ0) is 21.1. The van der Waals surface area contributed by atoms with Crippen LogP contribution in [0.5, 0.6) is 5.75 Å². The first kappa shape index (κ1) is 20.5. The van der Waals surface area contributed by atoms with Crippen molar-refractivity contribution in [3.63, 3.8) is 0 Å². The molecule has 1 saturated heterocycles. The number of anilines is 1. The number of imidazole rings is 1. The van der Waals surface area contributed by atoms with Gasteiger partial charge < -0.3 is 20.4 Å². The summed E-state index contributed by atoms with van der Waals surface area (Å²) in [5.74, 6) is 5.30. The molecule has 2 aromatic heterocycles. The molecule has 8 heteroatoms. The van der Waals surface area contributed by atoms with Gasteiger partial charge in [0, 0.05) is 18.5 Å². The number of aromatic nitrogens is 4. The number of nitrogens with two attached hydrogens (primary N) is 1. The molecule has 3 aromatic rings. The van der Waals surface area contributed by atoms with E-state index >= 15 is 0 Å². The van der Waals surface area contributed by atoms with Crippen molar-refractivity contribution in [2.45, 2.75) is 32.2 Å². The number of piperidine rings is 1. The molecular weight excluding hydrogens is 400 g/mol. The zero-order valence-corrected chi connectivity index (χ0v) is 17.7. The highest BCUT2D eigenvalue weighted by Gasteiger charge is 2.20. The van der Waals surface area contributed by atoms with E-state index in [2.05, 4.69) is 25.8 Å². The van der Waals surface area contributed by atoms with Gasteiger partial charge in [0.25, 0.3) is 0 Å². The second-order valence-corrected chi connectivity index (χ2v) is 7.89.